The van der Waals surface area contributed by atoms with Crippen LogP contribution in [0.15, 0.2) is 59.1 Å². The third-order valence-corrected chi connectivity index (χ3v) is 4.68. The minimum Gasteiger partial charge on any atom is -0.369 e. The number of carbonyl (C=O) groups excluding carboxylic acids is 1. The summed E-state index contributed by atoms with van der Waals surface area (Å²) in [6, 6.07) is 18.1. The first-order chi connectivity index (χ1) is 12.7. The molecule has 0 radical (unpaired) electrons. The smallest absolute Gasteiger partial charge is 0.246 e. The largest absolute Gasteiger partial charge is 0.369 e. The Labute approximate surface area is 151 Å². The third-order valence-electron chi connectivity index (χ3n) is 4.68. The summed E-state index contributed by atoms with van der Waals surface area (Å²) >= 11 is 0. The summed E-state index contributed by atoms with van der Waals surface area (Å²) in [5.74, 6) is 0.704. The highest BCUT2D eigenvalue weighted by molar-refractivity contribution is 5.79. The highest BCUT2D eigenvalue weighted by Crippen LogP contribution is 2.30. The van der Waals surface area contributed by atoms with Crippen LogP contribution in [0.4, 0.5) is 5.69 Å². The molecular weight excluding hydrogens is 328 g/mol. The molecule has 0 saturated carbocycles. The summed E-state index contributed by atoms with van der Waals surface area (Å²) < 4.78 is 5.43. The zero-order valence-corrected chi connectivity index (χ0v) is 14.3. The number of nitrogens with two attached hydrogens (primary N) is 1. The van der Waals surface area contributed by atoms with Crippen molar-refractivity contribution in [1.29, 1.82) is 0 Å². The number of benzene rings is 2. The zero-order chi connectivity index (χ0) is 17.9. The van der Waals surface area contributed by atoms with E-state index in [0.717, 1.165) is 16.8 Å². The van der Waals surface area contributed by atoms with Crippen molar-refractivity contribution in [2.24, 2.45) is 11.7 Å². The van der Waals surface area contributed by atoms with Crippen LogP contribution in [0.3, 0.4) is 0 Å². The molecule has 1 aliphatic heterocycles. The quantitative estimate of drug-likeness (QED) is 0.765. The maximum Gasteiger partial charge on any atom is 0.246 e. The van der Waals surface area contributed by atoms with Crippen LogP contribution < -0.4 is 10.6 Å². The molecule has 1 aromatic heterocycles. The van der Waals surface area contributed by atoms with Gasteiger partial charge in [-0.2, -0.15) is 4.98 Å². The maximum atomic E-state index is 11.7. The van der Waals surface area contributed by atoms with E-state index in [2.05, 4.69) is 15.0 Å². The summed E-state index contributed by atoms with van der Waals surface area (Å²) in [5, 5.41) is 4.08. The monoisotopic (exact) mass is 348 g/mol. The van der Waals surface area contributed by atoms with Crippen LogP contribution >= 0.6 is 0 Å². The maximum absolute atomic E-state index is 11.7. The van der Waals surface area contributed by atoms with Crippen molar-refractivity contribution < 1.29 is 9.32 Å². The van der Waals surface area contributed by atoms with Crippen molar-refractivity contribution in [2.75, 3.05) is 11.4 Å². The molecule has 1 aliphatic rings. The van der Waals surface area contributed by atoms with E-state index < -0.39 is 0 Å². The summed E-state index contributed by atoms with van der Waals surface area (Å²) in [5.41, 5.74) is 8.90. The number of aromatic nitrogens is 2. The fourth-order valence-corrected chi connectivity index (χ4v) is 3.39. The van der Waals surface area contributed by atoms with Gasteiger partial charge in [0.25, 0.3) is 0 Å². The Kier molecular flexibility index (Phi) is 4.39. The highest BCUT2D eigenvalue weighted by atomic mass is 16.5. The van der Waals surface area contributed by atoms with Crippen molar-refractivity contribution in [3.63, 3.8) is 0 Å². The van der Waals surface area contributed by atoms with Gasteiger partial charge in [0.2, 0.25) is 11.8 Å². The van der Waals surface area contributed by atoms with Gasteiger partial charge in [-0.3, -0.25) is 4.79 Å². The Hall–Kier alpha value is -3.15. The molecule has 6 nitrogen and oxygen atoms in total. The number of para-hydroxylation sites is 1. The van der Waals surface area contributed by atoms with E-state index in [4.69, 9.17) is 10.3 Å². The summed E-state index contributed by atoms with van der Waals surface area (Å²) in [6.45, 7) is 1.02. The molecule has 4 rings (SSSR count). The number of rotatable bonds is 5. The standard InChI is InChI=1S/C20H20N4O2/c21-20(25)16-11-15-8-4-5-9-17(15)24(12-16)13-19-22-18(23-26-19)10-14-6-2-1-3-7-14/h1-9,16H,10-13H2,(H2,21,25)/t16-/m0/s1. The summed E-state index contributed by atoms with van der Waals surface area (Å²) in [6.07, 6.45) is 1.30. The lowest BCUT2D eigenvalue weighted by molar-refractivity contribution is -0.121. The minimum absolute atomic E-state index is 0.211. The van der Waals surface area contributed by atoms with Gasteiger partial charge in [-0.25, -0.2) is 0 Å². The van der Waals surface area contributed by atoms with Crippen LogP contribution in [0, 0.1) is 5.92 Å². The molecule has 2 aromatic carbocycles. The van der Waals surface area contributed by atoms with Gasteiger partial charge in [0.15, 0.2) is 5.82 Å². The molecule has 1 atom stereocenters. The molecular formula is C20H20N4O2. The molecule has 0 unspecified atom stereocenters. The van der Waals surface area contributed by atoms with E-state index in [-0.39, 0.29) is 11.8 Å². The first-order valence-electron chi connectivity index (χ1n) is 8.66. The molecule has 1 amide bonds. The number of carbonyl (C=O) groups is 1. The number of hydrogen-bond acceptors (Lipinski definition) is 5. The summed E-state index contributed by atoms with van der Waals surface area (Å²) in [4.78, 5) is 18.3. The number of fused-ring (bicyclic) bond motifs is 1. The Balaban J connectivity index is 1.52. The van der Waals surface area contributed by atoms with E-state index in [9.17, 15) is 4.79 Å². The van der Waals surface area contributed by atoms with Gasteiger partial charge >= 0.3 is 0 Å². The van der Waals surface area contributed by atoms with Gasteiger partial charge in [0.1, 0.15) is 0 Å². The topological polar surface area (TPSA) is 85.3 Å². The Morgan fingerprint density at radius 3 is 2.73 bits per heavy atom. The zero-order valence-electron chi connectivity index (χ0n) is 14.3. The molecule has 0 spiro atoms. The Bertz CT molecular complexity index is 907. The van der Waals surface area contributed by atoms with Crippen molar-refractivity contribution in [2.45, 2.75) is 19.4 Å². The van der Waals surface area contributed by atoms with Crippen molar-refractivity contribution in [3.8, 4) is 0 Å². The number of anilines is 1. The first-order valence-corrected chi connectivity index (χ1v) is 8.66. The average Bonchev–Trinajstić information content (AvgIpc) is 3.09. The number of nitrogens with zero attached hydrogens (tertiary/aromatic N) is 3. The van der Waals surface area contributed by atoms with Gasteiger partial charge in [-0.05, 0) is 23.6 Å². The minimum atomic E-state index is -0.278. The van der Waals surface area contributed by atoms with Crippen molar-refractivity contribution in [1.82, 2.24) is 10.1 Å². The second kappa shape index (κ2) is 7.00. The Morgan fingerprint density at radius 1 is 1.15 bits per heavy atom. The molecule has 3 aromatic rings. The number of amides is 1. The number of primary amides is 1. The SMILES string of the molecule is NC(=O)[C@H]1Cc2ccccc2N(Cc2nc(Cc3ccccc3)no2)C1. The van der Waals surface area contributed by atoms with E-state index in [1.54, 1.807) is 0 Å². The molecule has 0 bridgehead atoms. The van der Waals surface area contributed by atoms with E-state index in [1.807, 2.05) is 54.6 Å². The predicted octanol–water partition coefficient (Wildman–Crippen LogP) is 2.32. The van der Waals surface area contributed by atoms with Crippen LogP contribution in [-0.2, 0) is 24.2 Å². The molecule has 26 heavy (non-hydrogen) atoms. The van der Waals surface area contributed by atoms with Gasteiger partial charge in [-0.15, -0.1) is 0 Å². The molecule has 132 valence electrons. The lowest BCUT2D eigenvalue weighted by Gasteiger charge is -2.33. The Morgan fingerprint density at radius 2 is 1.92 bits per heavy atom. The fourth-order valence-electron chi connectivity index (χ4n) is 3.39. The second-order valence-electron chi connectivity index (χ2n) is 6.58. The van der Waals surface area contributed by atoms with Gasteiger partial charge < -0.3 is 15.2 Å². The normalized spacial score (nSPS) is 16.3. The van der Waals surface area contributed by atoms with E-state index in [0.29, 0.717) is 37.6 Å². The second-order valence-corrected chi connectivity index (χ2v) is 6.58. The molecule has 0 saturated heterocycles. The lowest BCUT2D eigenvalue weighted by atomic mass is 9.92. The third kappa shape index (κ3) is 3.44. The first kappa shape index (κ1) is 16.3. The summed E-state index contributed by atoms with van der Waals surface area (Å²) in [7, 11) is 0. The number of hydrogen-bond donors (Lipinski definition) is 1. The van der Waals surface area contributed by atoms with Crippen LogP contribution in [-0.4, -0.2) is 22.6 Å². The highest BCUT2D eigenvalue weighted by Gasteiger charge is 2.28. The molecule has 0 fully saturated rings. The van der Waals surface area contributed by atoms with Crippen molar-refractivity contribution in [3.05, 3.63) is 77.4 Å². The van der Waals surface area contributed by atoms with Crippen molar-refractivity contribution >= 4 is 11.6 Å². The van der Waals surface area contributed by atoms with Gasteiger partial charge in [0, 0.05) is 18.7 Å². The molecule has 0 aliphatic carbocycles. The van der Waals surface area contributed by atoms with Gasteiger partial charge in [0.05, 0.1) is 12.5 Å². The van der Waals surface area contributed by atoms with Crippen LogP contribution in [0.25, 0.3) is 0 Å². The molecule has 2 heterocycles. The van der Waals surface area contributed by atoms with Crippen LogP contribution in [0.1, 0.15) is 22.8 Å². The van der Waals surface area contributed by atoms with Crippen LogP contribution in [0.5, 0.6) is 0 Å². The predicted molar refractivity (Wildman–Crippen MR) is 97.4 cm³/mol. The van der Waals surface area contributed by atoms with E-state index >= 15 is 0 Å². The average molecular weight is 348 g/mol. The lowest BCUT2D eigenvalue weighted by Crippen LogP contribution is -2.41. The van der Waals surface area contributed by atoms with Gasteiger partial charge in [-0.1, -0.05) is 53.7 Å². The molecule has 6 heteroatoms. The molecule has 2 N–H and O–H groups in total. The van der Waals surface area contributed by atoms with Crippen LogP contribution in [0.2, 0.25) is 0 Å². The van der Waals surface area contributed by atoms with E-state index in [1.165, 1.54) is 0 Å². The fraction of sp³-hybridized carbons (Fsp3) is 0.250.